The van der Waals surface area contributed by atoms with Gasteiger partial charge >= 0.3 is 5.97 Å². The molecule has 0 atom stereocenters. The molecule has 0 saturated carbocycles. The second-order valence-corrected chi connectivity index (χ2v) is 7.15. The van der Waals surface area contributed by atoms with Gasteiger partial charge in [-0.15, -0.1) is 0 Å². The Morgan fingerprint density at radius 2 is 2.00 bits per heavy atom. The number of amides is 1. The number of fused-ring (bicyclic) bond motifs is 1. The maximum Gasteiger partial charge on any atom is 0.341 e. The number of pyridine rings is 1. The van der Waals surface area contributed by atoms with E-state index in [-0.39, 0.29) is 29.7 Å². The Morgan fingerprint density at radius 1 is 1.26 bits per heavy atom. The van der Waals surface area contributed by atoms with Crippen molar-refractivity contribution >= 4 is 34.5 Å². The predicted molar refractivity (Wildman–Crippen MR) is 115 cm³/mol. The fourth-order valence-electron chi connectivity index (χ4n) is 3.39. The number of hydrogen-bond acceptors (Lipinski definition) is 8. The number of nitrogens with zero attached hydrogens (tertiary/aromatic N) is 3. The Morgan fingerprint density at radius 3 is 2.71 bits per heavy atom. The van der Waals surface area contributed by atoms with Gasteiger partial charge in [0, 0.05) is 25.2 Å². The Balaban J connectivity index is 1.48. The summed E-state index contributed by atoms with van der Waals surface area (Å²) in [6, 6.07) is 8.95. The van der Waals surface area contributed by atoms with E-state index in [0.29, 0.717) is 16.6 Å². The third-order valence-electron chi connectivity index (χ3n) is 5.03. The summed E-state index contributed by atoms with van der Waals surface area (Å²) in [5, 5.41) is 10.0. The first-order valence-corrected chi connectivity index (χ1v) is 10.1. The number of aromatic nitrogens is 3. The third kappa shape index (κ3) is 4.65. The smallest absolute Gasteiger partial charge is 0.341 e. The number of esters is 1. The van der Waals surface area contributed by atoms with Crippen molar-refractivity contribution in [1.82, 2.24) is 20.1 Å². The number of nitrogens with two attached hydrogens (primary N) is 1. The van der Waals surface area contributed by atoms with Crippen molar-refractivity contribution in [2.45, 2.75) is 13.5 Å². The van der Waals surface area contributed by atoms with Gasteiger partial charge in [-0.25, -0.2) is 9.78 Å². The van der Waals surface area contributed by atoms with Gasteiger partial charge in [0.2, 0.25) is 0 Å². The first-order valence-electron chi connectivity index (χ1n) is 10.1. The second kappa shape index (κ2) is 9.11. The Kier molecular flexibility index (Phi) is 6.10. The minimum absolute atomic E-state index is 0.0309. The van der Waals surface area contributed by atoms with Gasteiger partial charge in [0.1, 0.15) is 11.4 Å². The summed E-state index contributed by atoms with van der Waals surface area (Å²) in [6.07, 6.45) is 0. The third-order valence-corrected chi connectivity index (χ3v) is 5.03. The monoisotopic (exact) mass is 424 g/mol. The van der Waals surface area contributed by atoms with Crippen molar-refractivity contribution < 1.29 is 19.1 Å². The van der Waals surface area contributed by atoms with Crippen molar-refractivity contribution in [3.63, 3.8) is 0 Å². The van der Waals surface area contributed by atoms with Gasteiger partial charge in [-0.2, -0.15) is 5.10 Å². The first kappa shape index (κ1) is 20.8. The van der Waals surface area contributed by atoms with E-state index in [2.05, 4.69) is 25.4 Å². The molecule has 162 valence electrons. The minimum atomic E-state index is -0.580. The molecular formula is C21H24N6O4. The maximum absolute atomic E-state index is 12.7. The lowest BCUT2D eigenvalue weighted by Crippen LogP contribution is -2.35. The number of carbonyl (C=O) groups excluding carboxylic acids is 2. The molecule has 3 heterocycles. The lowest BCUT2D eigenvalue weighted by molar-refractivity contribution is 0.0342. The molecule has 4 N–H and O–H groups in total. The van der Waals surface area contributed by atoms with Crippen LogP contribution in [0, 0.1) is 0 Å². The number of nitrogens with one attached hydrogen (secondary N) is 2. The number of morpholine rings is 1. The summed E-state index contributed by atoms with van der Waals surface area (Å²) < 4.78 is 10.4. The average molecular weight is 424 g/mol. The predicted octanol–water partition coefficient (Wildman–Crippen LogP) is 1.80. The number of aromatic amines is 1. The Labute approximate surface area is 178 Å². The van der Waals surface area contributed by atoms with Crippen LogP contribution in [-0.4, -0.2) is 64.9 Å². The molecule has 31 heavy (non-hydrogen) atoms. The van der Waals surface area contributed by atoms with E-state index in [9.17, 15) is 9.59 Å². The van der Waals surface area contributed by atoms with Gasteiger partial charge < -0.3 is 20.5 Å². The SMILES string of the molecule is CCOC(=O)c1cc2c(NC(=O)c3ccc(CN4CCOCC4)cc3)n[nH]c2nc1N. The Hall–Kier alpha value is -3.50. The zero-order chi connectivity index (χ0) is 21.8. The van der Waals surface area contributed by atoms with E-state index >= 15 is 0 Å². The number of hydrogen-bond donors (Lipinski definition) is 3. The van der Waals surface area contributed by atoms with Crippen LogP contribution in [0.3, 0.4) is 0 Å². The minimum Gasteiger partial charge on any atom is -0.462 e. The molecule has 0 unspecified atom stereocenters. The number of nitrogen functional groups attached to an aromatic ring is 1. The number of anilines is 2. The molecule has 10 nitrogen and oxygen atoms in total. The summed E-state index contributed by atoms with van der Waals surface area (Å²) in [4.78, 5) is 31.3. The molecule has 4 rings (SSSR count). The van der Waals surface area contributed by atoms with Gasteiger partial charge in [-0.3, -0.25) is 14.8 Å². The normalized spacial score (nSPS) is 14.5. The van der Waals surface area contributed by atoms with E-state index in [1.807, 2.05) is 12.1 Å². The molecule has 3 aromatic rings. The van der Waals surface area contributed by atoms with Crippen molar-refractivity contribution in [3.8, 4) is 0 Å². The molecule has 1 aliphatic rings. The number of benzene rings is 1. The quantitative estimate of drug-likeness (QED) is 0.510. The van der Waals surface area contributed by atoms with Crippen molar-refractivity contribution in [2.24, 2.45) is 0 Å². The summed E-state index contributed by atoms with van der Waals surface area (Å²) in [7, 11) is 0. The van der Waals surface area contributed by atoms with Crippen molar-refractivity contribution in [3.05, 3.63) is 47.0 Å². The molecule has 0 bridgehead atoms. The molecule has 2 aromatic heterocycles. The highest BCUT2D eigenvalue weighted by Crippen LogP contribution is 2.24. The van der Waals surface area contributed by atoms with Gasteiger partial charge in [0.15, 0.2) is 11.5 Å². The zero-order valence-electron chi connectivity index (χ0n) is 17.2. The fourth-order valence-corrected chi connectivity index (χ4v) is 3.39. The van der Waals surface area contributed by atoms with Crippen molar-refractivity contribution in [1.29, 1.82) is 0 Å². The molecule has 1 aliphatic heterocycles. The lowest BCUT2D eigenvalue weighted by atomic mass is 10.1. The van der Waals surface area contributed by atoms with Crippen LogP contribution in [0.15, 0.2) is 30.3 Å². The van der Waals surface area contributed by atoms with Gasteiger partial charge in [0.05, 0.1) is 25.2 Å². The largest absolute Gasteiger partial charge is 0.462 e. The Bertz CT molecular complexity index is 1090. The first-order chi connectivity index (χ1) is 15.0. The van der Waals surface area contributed by atoms with E-state index < -0.39 is 5.97 Å². The maximum atomic E-state index is 12.7. The second-order valence-electron chi connectivity index (χ2n) is 7.15. The van der Waals surface area contributed by atoms with Crippen LogP contribution in [-0.2, 0) is 16.0 Å². The molecule has 0 radical (unpaired) electrons. The molecular weight excluding hydrogens is 400 g/mol. The van der Waals surface area contributed by atoms with E-state index in [1.165, 1.54) is 6.07 Å². The summed E-state index contributed by atoms with van der Waals surface area (Å²) in [5.41, 5.74) is 7.95. The number of H-pyrrole nitrogens is 1. The number of carbonyl (C=O) groups is 2. The highest BCUT2D eigenvalue weighted by Gasteiger charge is 2.18. The van der Waals surface area contributed by atoms with Gasteiger partial charge in [0.25, 0.3) is 5.91 Å². The van der Waals surface area contributed by atoms with E-state index in [0.717, 1.165) is 38.4 Å². The van der Waals surface area contributed by atoms with Crippen LogP contribution in [0.1, 0.15) is 33.2 Å². The van der Waals surface area contributed by atoms with Gasteiger partial charge in [-0.1, -0.05) is 12.1 Å². The lowest BCUT2D eigenvalue weighted by Gasteiger charge is -2.26. The van der Waals surface area contributed by atoms with Gasteiger partial charge in [-0.05, 0) is 30.7 Å². The van der Waals surface area contributed by atoms with Crippen LogP contribution in [0.25, 0.3) is 11.0 Å². The molecule has 10 heteroatoms. The zero-order valence-corrected chi connectivity index (χ0v) is 17.2. The standard InChI is InChI=1S/C21H24N6O4/c1-2-31-21(29)15-11-16-18(23-17(15)22)25-26-19(16)24-20(28)14-5-3-13(4-6-14)12-27-7-9-30-10-8-27/h3-6,11H,2,7-10,12H2,1H3,(H4,22,23,24,25,26,28). The van der Waals surface area contributed by atoms with E-state index in [1.54, 1.807) is 19.1 Å². The van der Waals surface area contributed by atoms with Crippen molar-refractivity contribution in [2.75, 3.05) is 44.0 Å². The molecule has 1 aromatic carbocycles. The summed E-state index contributed by atoms with van der Waals surface area (Å²) in [5.74, 6) is -0.608. The fraction of sp³-hybridized carbons (Fsp3) is 0.333. The van der Waals surface area contributed by atoms with Crippen LogP contribution in [0.5, 0.6) is 0 Å². The van der Waals surface area contributed by atoms with E-state index in [4.69, 9.17) is 15.2 Å². The highest BCUT2D eigenvalue weighted by atomic mass is 16.5. The van der Waals surface area contributed by atoms with Crippen LogP contribution in [0.4, 0.5) is 11.6 Å². The molecule has 0 aliphatic carbocycles. The highest BCUT2D eigenvalue weighted by molar-refractivity contribution is 6.08. The molecule has 1 saturated heterocycles. The number of rotatable bonds is 6. The topological polar surface area (TPSA) is 135 Å². The van der Waals surface area contributed by atoms with Crippen LogP contribution >= 0.6 is 0 Å². The summed E-state index contributed by atoms with van der Waals surface area (Å²) in [6.45, 7) is 6.04. The molecule has 1 fully saturated rings. The average Bonchev–Trinajstić information content (AvgIpc) is 3.15. The number of ether oxygens (including phenoxy) is 2. The van der Waals surface area contributed by atoms with Crippen LogP contribution in [0.2, 0.25) is 0 Å². The molecule has 1 amide bonds. The van der Waals surface area contributed by atoms with Crippen LogP contribution < -0.4 is 11.1 Å². The summed E-state index contributed by atoms with van der Waals surface area (Å²) >= 11 is 0. The molecule has 0 spiro atoms.